The van der Waals surface area contributed by atoms with E-state index in [-0.39, 0.29) is 18.2 Å². The molecule has 2 N–H and O–H groups in total. The molecule has 0 radical (unpaired) electrons. The molecule has 1 aliphatic heterocycles. The van der Waals surface area contributed by atoms with Gasteiger partial charge in [-0.15, -0.1) is 0 Å². The fourth-order valence-corrected chi connectivity index (χ4v) is 2.98. The van der Waals surface area contributed by atoms with Crippen LogP contribution < -0.4 is 5.32 Å². The lowest BCUT2D eigenvalue weighted by Gasteiger charge is -2.28. The van der Waals surface area contributed by atoms with Gasteiger partial charge in [0.1, 0.15) is 0 Å². The fraction of sp³-hybridized carbons (Fsp3) is 0.875. The molecule has 1 saturated heterocycles. The van der Waals surface area contributed by atoms with Gasteiger partial charge in [0.2, 0.25) is 5.91 Å². The van der Waals surface area contributed by atoms with Crippen LogP contribution in [0.1, 0.15) is 46.5 Å². The SMILES string of the molecule is CC(C)C(C)(CC(=O)NCC1CCN(C2CC2)C1)C(=O)O. The minimum atomic E-state index is -0.986. The number of hydrogen-bond donors (Lipinski definition) is 2. The average molecular weight is 296 g/mol. The Balaban J connectivity index is 1.75. The summed E-state index contributed by atoms with van der Waals surface area (Å²) in [6.07, 6.45) is 3.84. The largest absolute Gasteiger partial charge is 0.481 e. The maximum atomic E-state index is 12.1. The van der Waals surface area contributed by atoms with Crippen LogP contribution in [0.25, 0.3) is 0 Å². The van der Waals surface area contributed by atoms with E-state index < -0.39 is 11.4 Å². The summed E-state index contributed by atoms with van der Waals surface area (Å²) in [7, 11) is 0. The van der Waals surface area contributed by atoms with Crippen molar-refractivity contribution in [2.75, 3.05) is 19.6 Å². The van der Waals surface area contributed by atoms with E-state index in [0.29, 0.717) is 12.5 Å². The third-order valence-corrected chi connectivity index (χ3v) is 5.26. The van der Waals surface area contributed by atoms with Crippen molar-refractivity contribution in [1.82, 2.24) is 10.2 Å². The number of amides is 1. The molecule has 2 unspecified atom stereocenters. The maximum Gasteiger partial charge on any atom is 0.310 e. The quantitative estimate of drug-likeness (QED) is 0.750. The summed E-state index contributed by atoms with van der Waals surface area (Å²) in [5.41, 5.74) is -0.986. The molecule has 2 rings (SSSR count). The molecule has 1 aliphatic carbocycles. The van der Waals surface area contributed by atoms with Crippen molar-refractivity contribution >= 4 is 11.9 Å². The van der Waals surface area contributed by atoms with E-state index in [4.69, 9.17) is 0 Å². The summed E-state index contributed by atoms with van der Waals surface area (Å²) in [5, 5.41) is 12.3. The van der Waals surface area contributed by atoms with Crippen molar-refractivity contribution in [3.8, 4) is 0 Å². The smallest absolute Gasteiger partial charge is 0.310 e. The van der Waals surface area contributed by atoms with Gasteiger partial charge in [0.05, 0.1) is 5.41 Å². The summed E-state index contributed by atoms with van der Waals surface area (Å²) in [6, 6.07) is 0.793. The standard InChI is InChI=1S/C16H28N2O3/c1-11(2)16(3,15(20)21)8-14(19)17-9-12-6-7-18(10-12)13-4-5-13/h11-13H,4-10H2,1-3H3,(H,17,19)(H,20,21). The second-order valence-electron chi connectivity index (χ2n) is 7.24. The van der Waals surface area contributed by atoms with Gasteiger partial charge in [-0.1, -0.05) is 13.8 Å². The highest BCUT2D eigenvalue weighted by molar-refractivity contribution is 5.84. The van der Waals surface area contributed by atoms with Crippen molar-refractivity contribution in [3.05, 3.63) is 0 Å². The Morgan fingerprint density at radius 2 is 2.00 bits per heavy atom. The van der Waals surface area contributed by atoms with E-state index in [9.17, 15) is 14.7 Å². The first-order valence-corrected chi connectivity index (χ1v) is 8.07. The maximum absolute atomic E-state index is 12.1. The van der Waals surface area contributed by atoms with E-state index in [1.807, 2.05) is 13.8 Å². The first-order chi connectivity index (χ1) is 9.83. The van der Waals surface area contributed by atoms with Crippen molar-refractivity contribution in [2.24, 2.45) is 17.3 Å². The van der Waals surface area contributed by atoms with Crippen molar-refractivity contribution in [1.29, 1.82) is 0 Å². The lowest BCUT2D eigenvalue weighted by molar-refractivity contribution is -0.153. The summed E-state index contributed by atoms with van der Waals surface area (Å²) in [4.78, 5) is 26.0. The van der Waals surface area contributed by atoms with Gasteiger partial charge in [-0.25, -0.2) is 0 Å². The normalized spacial score (nSPS) is 25.8. The fourth-order valence-electron chi connectivity index (χ4n) is 2.98. The molecular weight excluding hydrogens is 268 g/mol. The summed E-state index contributed by atoms with van der Waals surface area (Å²) < 4.78 is 0. The molecule has 0 aromatic carbocycles. The Morgan fingerprint density at radius 3 is 2.52 bits per heavy atom. The Hall–Kier alpha value is -1.10. The van der Waals surface area contributed by atoms with Crippen molar-refractivity contribution < 1.29 is 14.7 Å². The molecule has 2 aliphatic rings. The highest BCUT2D eigenvalue weighted by Crippen LogP contribution is 2.32. The lowest BCUT2D eigenvalue weighted by atomic mass is 9.76. The highest BCUT2D eigenvalue weighted by atomic mass is 16.4. The number of likely N-dealkylation sites (tertiary alicyclic amines) is 1. The van der Waals surface area contributed by atoms with E-state index in [2.05, 4.69) is 10.2 Å². The molecule has 1 heterocycles. The zero-order valence-corrected chi connectivity index (χ0v) is 13.4. The van der Waals surface area contributed by atoms with Crippen LogP contribution in [0.3, 0.4) is 0 Å². The van der Waals surface area contributed by atoms with Gasteiger partial charge >= 0.3 is 5.97 Å². The van der Waals surface area contributed by atoms with Gasteiger partial charge in [0.15, 0.2) is 0 Å². The summed E-state index contributed by atoms with van der Waals surface area (Å²) in [6.45, 7) is 8.26. The molecular formula is C16H28N2O3. The number of nitrogens with one attached hydrogen (secondary N) is 1. The van der Waals surface area contributed by atoms with Crippen LogP contribution >= 0.6 is 0 Å². The summed E-state index contributed by atoms with van der Waals surface area (Å²) >= 11 is 0. The number of rotatable bonds is 7. The molecule has 1 saturated carbocycles. The molecule has 0 bridgehead atoms. The number of hydrogen-bond acceptors (Lipinski definition) is 3. The van der Waals surface area contributed by atoms with Crippen LogP contribution in [-0.2, 0) is 9.59 Å². The van der Waals surface area contributed by atoms with E-state index >= 15 is 0 Å². The molecule has 0 aromatic rings. The number of aliphatic carboxylic acids is 1. The van der Waals surface area contributed by atoms with Crippen LogP contribution in [0.5, 0.6) is 0 Å². The third kappa shape index (κ3) is 3.96. The molecule has 2 fully saturated rings. The number of carbonyl (C=O) groups is 2. The third-order valence-electron chi connectivity index (χ3n) is 5.26. The van der Waals surface area contributed by atoms with E-state index in [1.165, 1.54) is 12.8 Å². The Bertz CT molecular complexity index is 406. The monoisotopic (exact) mass is 296 g/mol. The Kier molecular flexibility index (Phi) is 4.91. The van der Waals surface area contributed by atoms with Gasteiger partial charge in [0.25, 0.3) is 0 Å². The number of carboxylic acid groups (broad SMARTS) is 1. The molecule has 0 aromatic heterocycles. The van der Waals surface area contributed by atoms with Crippen LogP contribution in [0, 0.1) is 17.3 Å². The van der Waals surface area contributed by atoms with Gasteiger partial charge in [0, 0.05) is 25.6 Å². The molecule has 120 valence electrons. The minimum Gasteiger partial charge on any atom is -0.481 e. The van der Waals surface area contributed by atoms with Gasteiger partial charge < -0.3 is 15.3 Å². The first kappa shape index (κ1) is 16.3. The molecule has 1 amide bonds. The highest BCUT2D eigenvalue weighted by Gasteiger charge is 2.39. The number of nitrogens with zero attached hydrogens (tertiary/aromatic N) is 1. The lowest BCUT2D eigenvalue weighted by Crippen LogP contribution is -2.40. The molecule has 0 spiro atoms. The average Bonchev–Trinajstić information content (AvgIpc) is 3.15. The van der Waals surface area contributed by atoms with Crippen LogP contribution in [0.2, 0.25) is 0 Å². The first-order valence-electron chi connectivity index (χ1n) is 8.07. The summed E-state index contributed by atoms with van der Waals surface area (Å²) in [5.74, 6) is -0.589. The van der Waals surface area contributed by atoms with Crippen LogP contribution in [0.4, 0.5) is 0 Å². The Morgan fingerprint density at radius 1 is 1.33 bits per heavy atom. The van der Waals surface area contributed by atoms with Crippen molar-refractivity contribution in [3.63, 3.8) is 0 Å². The van der Waals surface area contributed by atoms with Gasteiger partial charge in [-0.2, -0.15) is 0 Å². The molecule has 5 nitrogen and oxygen atoms in total. The second-order valence-corrected chi connectivity index (χ2v) is 7.24. The van der Waals surface area contributed by atoms with Gasteiger partial charge in [-0.05, 0) is 44.6 Å². The van der Waals surface area contributed by atoms with Crippen molar-refractivity contribution in [2.45, 2.75) is 52.5 Å². The zero-order chi connectivity index (χ0) is 15.6. The van der Waals surface area contributed by atoms with E-state index in [0.717, 1.165) is 25.6 Å². The topological polar surface area (TPSA) is 69.6 Å². The molecule has 21 heavy (non-hydrogen) atoms. The minimum absolute atomic E-state index is 0.0546. The number of carbonyl (C=O) groups excluding carboxylic acids is 1. The zero-order valence-electron chi connectivity index (χ0n) is 13.4. The Labute approximate surface area is 127 Å². The predicted octanol–water partition coefficient (Wildman–Crippen LogP) is 1.72. The predicted molar refractivity (Wildman–Crippen MR) is 80.9 cm³/mol. The van der Waals surface area contributed by atoms with Gasteiger partial charge in [-0.3, -0.25) is 9.59 Å². The molecule has 5 heteroatoms. The number of carboxylic acids is 1. The second kappa shape index (κ2) is 6.34. The van der Waals surface area contributed by atoms with E-state index in [1.54, 1.807) is 6.92 Å². The molecule has 2 atom stereocenters. The van der Waals surface area contributed by atoms with Crippen LogP contribution in [0.15, 0.2) is 0 Å². The van der Waals surface area contributed by atoms with Crippen LogP contribution in [-0.4, -0.2) is 47.6 Å².